The molecule has 0 aliphatic carbocycles. The third-order valence-electron chi connectivity index (χ3n) is 1.83. The SMILES string of the molecule is C#CC(C)NS(=O)(=O)c1ccc(CNC)o1. The lowest BCUT2D eigenvalue weighted by Gasteiger charge is -2.05. The standard InChI is InChI=1S/C10H14N2O3S/c1-4-8(2)12-16(13,14)10-6-5-9(15-10)7-11-3/h1,5-6,8,11-12H,7H2,2-3H3. The molecule has 16 heavy (non-hydrogen) atoms. The Kier molecular flexibility index (Phi) is 4.12. The molecule has 1 aromatic rings. The number of rotatable bonds is 5. The molecule has 0 radical (unpaired) electrons. The van der Waals surface area contributed by atoms with E-state index in [-0.39, 0.29) is 5.09 Å². The van der Waals surface area contributed by atoms with E-state index in [0.717, 1.165) is 0 Å². The highest BCUT2D eigenvalue weighted by molar-refractivity contribution is 7.89. The van der Waals surface area contributed by atoms with E-state index >= 15 is 0 Å². The Bertz CT molecular complexity index is 484. The summed E-state index contributed by atoms with van der Waals surface area (Å²) in [6, 6.07) is 2.44. The first-order chi connectivity index (χ1) is 7.49. The molecule has 1 aromatic heterocycles. The maximum atomic E-state index is 11.7. The highest BCUT2D eigenvalue weighted by atomic mass is 32.2. The highest BCUT2D eigenvalue weighted by Crippen LogP contribution is 2.13. The molecule has 0 bridgehead atoms. The van der Waals surface area contributed by atoms with E-state index in [9.17, 15) is 8.42 Å². The molecule has 1 heterocycles. The molecule has 1 unspecified atom stereocenters. The predicted octanol–water partition coefficient (Wildman–Crippen LogP) is 0.299. The molecule has 0 spiro atoms. The second-order valence-corrected chi connectivity index (χ2v) is 4.91. The summed E-state index contributed by atoms with van der Waals surface area (Å²) in [5.41, 5.74) is 0. The van der Waals surface area contributed by atoms with Gasteiger partial charge in [-0.25, -0.2) is 8.42 Å². The molecule has 1 atom stereocenters. The molecule has 0 aliphatic rings. The minimum atomic E-state index is -3.66. The number of terminal acetylenes is 1. The van der Waals surface area contributed by atoms with Gasteiger partial charge in [0.1, 0.15) is 5.76 Å². The van der Waals surface area contributed by atoms with Crippen molar-refractivity contribution in [3.8, 4) is 12.3 Å². The molecule has 0 amide bonds. The average Bonchev–Trinajstić information content (AvgIpc) is 2.67. The molecule has 0 aliphatic heterocycles. The minimum Gasteiger partial charge on any atom is -0.447 e. The normalized spacial score (nSPS) is 13.3. The summed E-state index contributed by atoms with van der Waals surface area (Å²) >= 11 is 0. The summed E-state index contributed by atoms with van der Waals surface area (Å²) in [4.78, 5) is 0. The molecule has 2 N–H and O–H groups in total. The third kappa shape index (κ3) is 3.10. The van der Waals surface area contributed by atoms with Gasteiger partial charge in [0.2, 0.25) is 5.09 Å². The van der Waals surface area contributed by atoms with Crippen LogP contribution >= 0.6 is 0 Å². The smallest absolute Gasteiger partial charge is 0.275 e. The Hall–Kier alpha value is -1.29. The zero-order valence-electron chi connectivity index (χ0n) is 9.15. The van der Waals surface area contributed by atoms with Gasteiger partial charge in [0, 0.05) is 0 Å². The number of nitrogens with one attached hydrogen (secondary N) is 2. The fraction of sp³-hybridized carbons (Fsp3) is 0.400. The molecule has 6 heteroatoms. The van der Waals surface area contributed by atoms with Crippen molar-refractivity contribution >= 4 is 10.0 Å². The molecule has 0 saturated carbocycles. The monoisotopic (exact) mass is 242 g/mol. The largest absolute Gasteiger partial charge is 0.447 e. The summed E-state index contributed by atoms with van der Waals surface area (Å²) in [5.74, 6) is 2.83. The van der Waals surface area contributed by atoms with E-state index in [1.165, 1.54) is 6.07 Å². The van der Waals surface area contributed by atoms with Crippen LogP contribution < -0.4 is 10.0 Å². The summed E-state index contributed by atoms with van der Waals surface area (Å²) in [6.07, 6.45) is 5.09. The average molecular weight is 242 g/mol. The Morgan fingerprint density at radius 1 is 1.56 bits per heavy atom. The van der Waals surface area contributed by atoms with Crippen LogP contribution in [0.3, 0.4) is 0 Å². The quantitative estimate of drug-likeness (QED) is 0.728. The lowest BCUT2D eigenvalue weighted by Crippen LogP contribution is -2.31. The van der Waals surface area contributed by atoms with Gasteiger partial charge in [-0.3, -0.25) is 0 Å². The molecular formula is C10H14N2O3S. The molecule has 0 aromatic carbocycles. The topological polar surface area (TPSA) is 71.3 Å². The van der Waals surface area contributed by atoms with Crippen molar-refractivity contribution in [2.45, 2.75) is 24.6 Å². The molecular weight excluding hydrogens is 228 g/mol. The first-order valence-electron chi connectivity index (χ1n) is 4.71. The van der Waals surface area contributed by atoms with Crippen LogP contribution in [0.1, 0.15) is 12.7 Å². The van der Waals surface area contributed by atoms with Crippen molar-refractivity contribution in [3.05, 3.63) is 17.9 Å². The van der Waals surface area contributed by atoms with Gasteiger partial charge < -0.3 is 9.73 Å². The van der Waals surface area contributed by atoms with Gasteiger partial charge in [-0.05, 0) is 26.1 Å². The fourth-order valence-corrected chi connectivity index (χ4v) is 2.21. The lowest BCUT2D eigenvalue weighted by atomic mass is 10.4. The van der Waals surface area contributed by atoms with Crippen LogP contribution in [0.25, 0.3) is 0 Å². The molecule has 5 nitrogen and oxygen atoms in total. The maximum absolute atomic E-state index is 11.7. The van der Waals surface area contributed by atoms with Gasteiger partial charge in [0.25, 0.3) is 10.0 Å². The van der Waals surface area contributed by atoms with Crippen LogP contribution in [0.15, 0.2) is 21.6 Å². The zero-order valence-corrected chi connectivity index (χ0v) is 9.97. The first kappa shape index (κ1) is 12.8. The lowest BCUT2D eigenvalue weighted by molar-refractivity contribution is 0.404. The predicted molar refractivity (Wildman–Crippen MR) is 60.1 cm³/mol. The Balaban J connectivity index is 2.87. The third-order valence-corrected chi connectivity index (χ3v) is 3.25. The van der Waals surface area contributed by atoms with Crippen molar-refractivity contribution in [2.75, 3.05) is 7.05 Å². The van der Waals surface area contributed by atoms with E-state index < -0.39 is 16.1 Å². The van der Waals surface area contributed by atoms with Crippen LogP contribution in [0, 0.1) is 12.3 Å². The summed E-state index contributed by atoms with van der Waals surface area (Å²) in [6.45, 7) is 2.05. The van der Waals surface area contributed by atoms with Gasteiger partial charge in [-0.2, -0.15) is 4.72 Å². The van der Waals surface area contributed by atoms with Gasteiger partial charge in [-0.1, -0.05) is 5.92 Å². The van der Waals surface area contributed by atoms with Crippen LogP contribution in [-0.4, -0.2) is 21.5 Å². The van der Waals surface area contributed by atoms with Gasteiger partial charge in [0.15, 0.2) is 0 Å². The number of hydrogen-bond donors (Lipinski definition) is 2. The second-order valence-electron chi connectivity index (χ2n) is 3.26. The van der Waals surface area contributed by atoms with Crippen molar-refractivity contribution in [2.24, 2.45) is 0 Å². The Morgan fingerprint density at radius 3 is 2.81 bits per heavy atom. The highest BCUT2D eigenvalue weighted by Gasteiger charge is 2.20. The number of hydrogen-bond acceptors (Lipinski definition) is 4. The van der Waals surface area contributed by atoms with E-state index in [0.29, 0.717) is 12.3 Å². The van der Waals surface area contributed by atoms with Crippen molar-refractivity contribution in [1.82, 2.24) is 10.0 Å². The number of furan rings is 1. The molecule has 88 valence electrons. The second kappa shape index (κ2) is 5.16. The van der Waals surface area contributed by atoms with Crippen LogP contribution in [0.5, 0.6) is 0 Å². The molecule has 1 rings (SSSR count). The van der Waals surface area contributed by atoms with Gasteiger partial charge in [0.05, 0.1) is 12.6 Å². The Labute approximate surface area is 95.3 Å². The summed E-state index contributed by atoms with van der Waals surface area (Å²) < 4.78 is 30.8. The van der Waals surface area contributed by atoms with Crippen LogP contribution in [-0.2, 0) is 16.6 Å². The van der Waals surface area contributed by atoms with Gasteiger partial charge in [-0.15, -0.1) is 6.42 Å². The minimum absolute atomic E-state index is 0.125. The van der Waals surface area contributed by atoms with E-state index in [1.807, 2.05) is 0 Å². The van der Waals surface area contributed by atoms with E-state index in [1.54, 1.807) is 20.0 Å². The Morgan fingerprint density at radius 2 is 2.25 bits per heavy atom. The van der Waals surface area contributed by atoms with E-state index in [2.05, 4.69) is 16.0 Å². The van der Waals surface area contributed by atoms with Crippen molar-refractivity contribution in [1.29, 1.82) is 0 Å². The fourth-order valence-electron chi connectivity index (χ4n) is 1.10. The van der Waals surface area contributed by atoms with Gasteiger partial charge >= 0.3 is 0 Å². The van der Waals surface area contributed by atoms with E-state index in [4.69, 9.17) is 10.8 Å². The van der Waals surface area contributed by atoms with Crippen molar-refractivity contribution in [3.63, 3.8) is 0 Å². The van der Waals surface area contributed by atoms with Crippen LogP contribution in [0.2, 0.25) is 0 Å². The maximum Gasteiger partial charge on any atom is 0.275 e. The summed E-state index contributed by atoms with van der Waals surface area (Å²) in [7, 11) is -1.91. The molecule has 0 saturated heterocycles. The summed E-state index contributed by atoms with van der Waals surface area (Å²) in [5, 5.41) is 2.73. The number of sulfonamides is 1. The first-order valence-corrected chi connectivity index (χ1v) is 6.19. The zero-order chi connectivity index (χ0) is 12.2. The van der Waals surface area contributed by atoms with Crippen molar-refractivity contribution < 1.29 is 12.8 Å². The molecule has 0 fully saturated rings. The van der Waals surface area contributed by atoms with Crippen LogP contribution in [0.4, 0.5) is 0 Å².